The summed E-state index contributed by atoms with van der Waals surface area (Å²) in [6.07, 6.45) is 4.08. The summed E-state index contributed by atoms with van der Waals surface area (Å²) in [4.78, 5) is 4.47. The average Bonchev–Trinajstić information content (AvgIpc) is 2.91. The van der Waals surface area contributed by atoms with E-state index in [1.54, 1.807) is 7.11 Å². The fourth-order valence-electron chi connectivity index (χ4n) is 2.78. The van der Waals surface area contributed by atoms with Crippen LogP contribution in [0.15, 0.2) is 4.52 Å². The minimum absolute atomic E-state index is 0.365. The third kappa shape index (κ3) is 3.95. The van der Waals surface area contributed by atoms with Crippen molar-refractivity contribution >= 4 is 6.01 Å². The zero-order valence-corrected chi connectivity index (χ0v) is 13.6. The van der Waals surface area contributed by atoms with Crippen molar-refractivity contribution in [1.82, 2.24) is 10.1 Å². The van der Waals surface area contributed by atoms with Crippen LogP contribution in [0.5, 0.6) is 0 Å². The predicted molar refractivity (Wildman–Crippen MR) is 80.2 cm³/mol. The van der Waals surface area contributed by atoms with Gasteiger partial charge in [0.15, 0.2) is 0 Å². The number of aromatic nitrogens is 2. The molecule has 1 aliphatic rings. The second-order valence-electron chi connectivity index (χ2n) is 6.43. The Balaban J connectivity index is 2.08. The molecule has 1 N–H and O–H groups in total. The Hall–Kier alpha value is -1.14. The molecule has 6 heteroatoms. The zero-order chi connectivity index (χ0) is 15.3. The molecule has 1 aromatic rings. The third-order valence-electron chi connectivity index (χ3n) is 4.25. The summed E-state index contributed by atoms with van der Waals surface area (Å²) in [6, 6.07) is 0.436. The van der Waals surface area contributed by atoms with Crippen molar-refractivity contribution in [3.8, 4) is 0 Å². The van der Waals surface area contributed by atoms with Crippen LogP contribution in [-0.4, -0.2) is 37.0 Å². The standard InChI is InChI=1S/C15H27N3O3/c1-5-20-15(8-6-14(2,3)7-9-15)12-17-13(21-18-12)16-10-11-19-4/h5-11H2,1-4H3,(H,16,17,18). The first-order valence-electron chi connectivity index (χ1n) is 7.72. The molecule has 0 atom stereocenters. The first kappa shape index (κ1) is 16.2. The van der Waals surface area contributed by atoms with Crippen molar-refractivity contribution in [1.29, 1.82) is 0 Å². The molecule has 2 rings (SSSR count). The Morgan fingerprint density at radius 2 is 1.95 bits per heavy atom. The lowest BCUT2D eigenvalue weighted by atomic mass is 9.70. The normalized spacial score (nSPS) is 20.4. The number of rotatable bonds is 7. The van der Waals surface area contributed by atoms with Crippen LogP contribution in [0, 0.1) is 5.41 Å². The van der Waals surface area contributed by atoms with Crippen molar-refractivity contribution in [2.24, 2.45) is 5.41 Å². The van der Waals surface area contributed by atoms with Crippen LogP contribution < -0.4 is 5.32 Å². The molecule has 0 radical (unpaired) electrons. The molecular formula is C15H27N3O3. The van der Waals surface area contributed by atoms with Crippen LogP contribution in [0.2, 0.25) is 0 Å². The Kier molecular flexibility index (Phi) is 5.22. The fourth-order valence-corrected chi connectivity index (χ4v) is 2.78. The van der Waals surface area contributed by atoms with Crippen LogP contribution in [-0.2, 0) is 15.1 Å². The SMILES string of the molecule is CCOC1(c2noc(NCCOC)n2)CCC(C)(C)CC1. The fraction of sp³-hybridized carbons (Fsp3) is 0.867. The van der Waals surface area contributed by atoms with E-state index in [-0.39, 0.29) is 0 Å². The molecule has 0 amide bonds. The van der Waals surface area contributed by atoms with Crippen LogP contribution >= 0.6 is 0 Å². The number of hydrogen-bond acceptors (Lipinski definition) is 6. The van der Waals surface area contributed by atoms with Crippen molar-refractivity contribution in [2.45, 2.75) is 52.1 Å². The number of hydrogen-bond donors (Lipinski definition) is 1. The highest BCUT2D eigenvalue weighted by Gasteiger charge is 2.43. The van der Waals surface area contributed by atoms with E-state index < -0.39 is 5.60 Å². The monoisotopic (exact) mass is 297 g/mol. The maximum atomic E-state index is 6.05. The second kappa shape index (κ2) is 6.75. The summed E-state index contributed by atoms with van der Waals surface area (Å²) in [5.41, 5.74) is -0.0289. The molecule has 1 heterocycles. The number of nitrogens with zero attached hydrogens (tertiary/aromatic N) is 2. The van der Waals surface area contributed by atoms with Gasteiger partial charge in [0.1, 0.15) is 5.60 Å². The molecule has 0 spiro atoms. The van der Waals surface area contributed by atoms with Crippen molar-refractivity contribution in [3.63, 3.8) is 0 Å². The topological polar surface area (TPSA) is 69.4 Å². The van der Waals surface area contributed by atoms with Gasteiger partial charge in [-0.3, -0.25) is 0 Å². The van der Waals surface area contributed by atoms with Gasteiger partial charge < -0.3 is 19.3 Å². The number of nitrogens with one attached hydrogen (secondary N) is 1. The van der Waals surface area contributed by atoms with E-state index in [9.17, 15) is 0 Å². The van der Waals surface area contributed by atoms with Gasteiger partial charge in [-0.05, 0) is 38.0 Å². The molecule has 0 aliphatic heterocycles. The van der Waals surface area contributed by atoms with E-state index in [0.717, 1.165) is 25.7 Å². The van der Waals surface area contributed by atoms with Crippen molar-refractivity contribution in [2.75, 3.05) is 32.2 Å². The molecule has 1 aromatic heterocycles. The predicted octanol–water partition coefficient (Wildman–Crippen LogP) is 2.96. The number of methoxy groups -OCH3 is 1. The lowest BCUT2D eigenvalue weighted by Gasteiger charge is -2.41. The van der Waals surface area contributed by atoms with E-state index in [2.05, 4.69) is 29.3 Å². The van der Waals surface area contributed by atoms with Gasteiger partial charge in [0.05, 0.1) is 6.61 Å². The average molecular weight is 297 g/mol. The van der Waals surface area contributed by atoms with Gasteiger partial charge >= 0.3 is 6.01 Å². The van der Waals surface area contributed by atoms with E-state index in [0.29, 0.717) is 37.0 Å². The molecule has 6 nitrogen and oxygen atoms in total. The molecular weight excluding hydrogens is 270 g/mol. The van der Waals surface area contributed by atoms with Crippen LogP contribution in [0.4, 0.5) is 6.01 Å². The van der Waals surface area contributed by atoms with E-state index in [4.69, 9.17) is 14.0 Å². The molecule has 1 aliphatic carbocycles. The number of ether oxygens (including phenoxy) is 2. The Morgan fingerprint density at radius 1 is 1.24 bits per heavy atom. The van der Waals surface area contributed by atoms with Gasteiger partial charge in [0.25, 0.3) is 0 Å². The third-order valence-corrected chi connectivity index (χ3v) is 4.25. The van der Waals surface area contributed by atoms with Gasteiger partial charge in [0, 0.05) is 20.3 Å². The van der Waals surface area contributed by atoms with Gasteiger partial charge in [-0.25, -0.2) is 0 Å². The molecule has 1 fully saturated rings. The quantitative estimate of drug-likeness (QED) is 0.780. The summed E-state index contributed by atoms with van der Waals surface area (Å²) < 4.78 is 16.3. The van der Waals surface area contributed by atoms with Gasteiger partial charge in [0.2, 0.25) is 5.82 Å². The minimum atomic E-state index is -0.394. The molecule has 1 saturated carbocycles. The maximum absolute atomic E-state index is 6.05. The largest absolute Gasteiger partial charge is 0.383 e. The van der Waals surface area contributed by atoms with Gasteiger partial charge in [-0.15, -0.1) is 0 Å². The van der Waals surface area contributed by atoms with E-state index in [1.807, 2.05) is 6.92 Å². The van der Waals surface area contributed by atoms with Gasteiger partial charge in [-0.1, -0.05) is 19.0 Å². The Bertz CT molecular complexity index is 435. The Labute approximate surface area is 126 Å². The van der Waals surface area contributed by atoms with Crippen LogP contribution in [0.1, 0.15) is 52.3 Å². The zero-order valence-electron chi connectivity index (χ0n) is 13.6. The Morgan fingerprint density at radius 3 is 2.57 bits per heavy atom. The van der Waals surface area contributed by atoms with Crippen molar-refractivity contribution < 1.29 is 14.0 Å². The summed E-state index contributed by atoms with van der Waals surface area (Å²) in [5.74, 6) is 0.666. The lowest BCUT2D eigenvalue weighted by molar-refractivity contribution is -0.0957. The summed E-state index contributed by atoms with van der Waals surface area (Å²) in [5, 5.41) is 7.20. The minimum Gasteiger partial charge on any atom is -0.383 e. The molecule has 0 unspecified atom stereocenters. The first-order chi connectivity index (χ1) is 10.0. The number of anilines is 1. The summed E-state index contributed by atoms with van der Waals surface area (Å²) in [7, 11) is 1.66. The smallest absolute Gasteiger partial charge is 0.321 e. The second-order valence-corrected chi connectivity index (χ2v) is 6.43. The highest BCUT2D eigenvalue weighted by atomic mass is 16.5. The van der Waals surface area contributed by atoms with E-state index >= 15 is 0 Å². The van der Waals surface area contributed by atoms with Crippen molar-refractivity contribution in [3.05, 3.63) is 5.82 Å². The van der Waals surface area contributed by atoms with Crippen LogP contribution in [0.25, 0.3) is 0 Å². The highest BCUT2D eigenvalue weighted by molar-refractivity contribution is 5.20. The van der Waals surface area contributed by atoms with Gasteiger partial charge in [-0.2, -0.15) is 4.98 Å². The van der Waals surface area contributed by atoms with Crippen LogP contribution in [0.3, 0.4) is 0 Å². The highest BCUT2D eigenvalue weighted by Crippen LogP contribution is 2.46. The summed E-state index contributed by atoms with van der Waals surface area (Å²) >= 11 is 0. The molecule has 0 saturated heterocycles. The molecule has 21 heavy (non-hydrogen) atoms. The lowest BCUT2D eigenvalue weighted by Crippen LogP contribution is -2.38. The summed E-state index contributed by atoms with van der Waals surface area (Å²) in [6.45, 7) is 8.52. The molecule has 0 aromatic carbocycles. The molecule has 0 bridgehead atoms. The maximum Gasteiger partial charge on any atom is 0.321 e. The first-order valence-corrected chi connectivity index (χ1v) is 7.72. The molecule has 120 valence electrons. The van der Waals surface area contributed by atoms with E-state index in [1.165, 1.54) is 0 Å².